The highest BCUT2D eigenvalue weighted by Gasteiger charge is 2.23. The number of aromatic nitrogens is 1. The van der Waals surface area contributed by atoms with Gasteiger partial charge in [0.1, 0.15) is 5.82 Å². The zero-order chi connectivity index (χ0) is 20.5. The molecule has 2 aromatic rings. The van der Waals surface area contributed by atoms with E-state index in [4.69, 9.17) is 4.74 Å². The number of ether oxygens (including phenoxy) is 1. The maximum Gasteiger partial charge on any atom is 0.191 e. The van der Waals surface area contributed by atoms with Gasteiger partial charge in [-0.3, -0.25) is 9.89 Å². The van der Waals surface area contributed by atoms with Crippen LogP contribution < -0.4 is 10.6 Å². The van der Waals surface area contributed by atoms with E-state index in [1.54, 1.807) is 18.4 Å². The lowest BCUT2D eigenvalue weighted by Crippen LogP contribution is -2.46. The van der Waals surface area contributed by atoms with E-state index in [0.717, 1.165) is 62.9 Å². The zero-order valence-corrected chi connectivity index (χ0v) is 20.7. The van der Waals surface area contributed by atoms with Crippen LogP contribution in [0.4, 0.5) is 4.39 Å². The lowest BCUT2D eigenvalue weighted by atomic mass is 10.0. The summed E-state index contributed by atoms with van der Waals surface area (Å²) >= 11 is 1.72. The summed E-state index contributed by atoms with van der Waals surface area (Å²) in [7, 11) is 1.77. The molecule has 1 atom stereocenters. The summed E-state index contributed by atoms with van der Waals surface area (Å²) in [5.74, 6) is 0.546. The molecule has 0 amide bonds. The van der Waals surface area contributed by atoms with Gasteiger partial charge >= 0.3 is 0 Å². The number of hydrogen-bond donors (Lipinski definition) is 2. The highest BCUT2D eigenvalue weighted by molar-refractivity contribution is 14.0. The van der Waals surface area contributed by atoms with Crippen LogP contribution >= 0.6 is 35.3 Å². The number of hydrogen-bond acceptors (Lipinski definition) is 5. The average Bonchev–Trinajstić information content (AvgIpc) is 3.22. The first-order valence-corrected chi connectivity index (χ1v) is 11.0. The number of aliphatic imine (C=N–C) groups is 1. The number of nitrogens with zero attached hydrogens (tertiary/aromatic N) is 3. The Labute approximate surface area is 199 Å². The van der Waals surface area contributed by atoms with Crippen molar-refractivity contribution in [3.63, 3.8) is 0 Å². The van der Waals surface area contributed by atoms with Crippen molar-refractivity contribution in [3.8, 4) is 0 Å². The molecule has 1 saturated heterocycles. The van der Waals surface area contributed by atoms with E-state index in [-0.39, 0.29) is 35.8 Å². The smallest absolute Gasteiger partial charge is 0.191 e. The second-order valence-electron chi connectivity index (χ2n) is 6.93. The molecule has 30 heavy (non-hydrogen) atoms. The van der Waals surface area contributed by atoms with Crippen LogP contribution in [0.25, 0.3) is 0 Å². The van der Waals surface area contributed by atoms with E-state index < -0.39 is 0 Å². The molecule has 0 spiro atoms. The molecule has 1 aliphatic heterocycles. The van der Waals surface area contributed by atoms with Crippen LogP contribution in [0.5, 0.6) is 0 Å². The second-order valence-corrected chi connectivity index (χ2v) is 7.87. The minimum atomic E-state index is -0.215. The van der Waals surface area contributed by atoms with Crippen molar-refractivity contribution in [2.75, 3.05) is 46.4 Å². The molecule has 6 nitrogen and oxygen atoms in total. The topological polar surface area (TPSA) is 61.8 Å². The van der Waals surface area contributed by atoms with E-state index >= 15 is 0 Å². The third-order valence-corrected chi connectivity index (χ3v) is 6.05. The molecule has 1 aromatic heterocycles. The molecule has 0 bridgehead atoms. The molecule has 1 fully saturated rings. The Kier molecular flexibility index (Phi) is 11.0. The number of nitrogens with one attached hydrogen (secondary N) is 2. The first-order chi connectivity index (χ1) is 14.2. The SMILES string of the molecule is CCc1nc(CCNC(=NC)NCC(c2ccc(F)cc2)N2CCOCC2)cs1.I. The average molecular weight is 547 g/mol. The van der Waals surface area contributed by atoms with Gasteiger partial charge in [0.2, 0.25) is 0 Å². The van der Waals surface area contributed by atoms with Crippen molar-refractivity contribution in [3.05, 3.63) is 51.7 Å². The Morgan fingerprint density at radius 1 is 1.27 bits per heavy atom. The fraction of sp³-hybridized carbons (Fsp3) is 0.524. The first kappa shape index (κ1) is 25.0. The third-order valence-electron chi connectivity index (χ3n) is 5.00. The molecule has 2 heterocycles. The number of thiazole rings is 1. The summed E-state index contributed by atoms with van der Waals surface area (Å²) in [4.78, 5) is 11.3. The minimum absolute atomic E-state index is 0. The monoisotopic (exact) mass is 547 g/mol. The van der Waals surface area contributed by atoms with Crippen LogP contribution in [0.15, 0.2) is 34.6 Å². The maximum atomic E-state index is 13.4. The Balaban J connectivity index is 0.00000320. The normalized spacial score (nSPS) is 16.0. The predicted octanol–water partition coefficient (Wildman–Crippen LogP) is 3.24. The standard InChI is InChI=1S/C21H30FN5OS.HI/c1-3-20-26-18(15-29-20)8-9-24-21(23-2)25-14-19(27-10-12-28-13-11-27)16-4-6-17(22)7-5-16;/h4-7,15,19H,3,8-14H2,1-2H3,(H2,23,24,25);1H. The molecule has 1 aliphatic rings. The van der Waals surface area contributed by atoms with Crippen molar-refractivity contribution in [1.82, 2.24) is 20.5 Å². The third kappa shape index (κ3) is 7.44. The van der Waals surface area contributed by atoms with Gasteiger partial charge in [-0.25, -0.2) is 9.37 Å². The van der Waals surface area contributed by atoms with E-state index in [9.17, 15) is 4.39 Å². The van der Waals surface area contributed by atoms with Crippen LogP contribution in [0.3, 0.4) is 0 Å². The van der Waals surface area contributed by atoms with Crippen molar-refractivity contribution < 1.29 is 9.13 Å². The number of rotatable bonds is 8. The first-order valence-electron chi connectivity index (χ1n) is 10.1. The van der Waals surface area contributed by atoms with Gasteiger partial charge in [0.15, 0.2) is 5.96 Å². The molecule has 166 valence electrons. The highest BCUT2D eigenvalue weighted by Crippen LogP contribution is 2.21. The zero-order valence-electron chi connectivity index (χ0n) is 17.6. The highest BCUT2D eigenvalue weighted by atomic mass is 127. The quantitative estimate of drug-likeness (QED) is 0.302. The molecule has 0 saturated carbocycles. The lowest BCUT2D eigenvalue weighted by Gasteiger charge is -2.35. The van der Waals surface area contributed by atoms with E-state index in [1.807, 2.05) is 12.1 Å². The van der Waals surface area contributed by atoms with Gasteiger partial charge in [-0.1, -0.05) is 19.1 Å². The van der Waals surface area contributed by atoms with Crippen LogP contribution in [-0.2, 0) is 17.6 Å². The predicted molar refractivity (Wildman–Crippen MR) is 132 cm³/mol. The van der Waals surface area contributed by atoms with Crippen molar-refractivity contribution in [1.29, 1.82) is 0 Å². The van der Waals surface area contributed by atoms with Gasteiger partial charge in [-0.15, -0.1) is 35.3 Å². The molecule has 2 N–H and O–H groups in total. The van der Waals surface area contributed by atoms with Crippen LogP contribution in [-0.4, -0.2) is 62.3 Å². The summed E-state index contributed by atoms with van der Waals surface area (Å²) in [6, 6.07) is 6.90. The summed E-state index contributed by atoms with van der Waals surface area (Å²) in [6.07, 6.45) is 1.84. The molecular formula is C21H31FIN5OS. The van der Waals surface area contributed by atoms with E-state index in [2.05, 4.69) is 37.8 Å². The van der Waals surface area contributed by atoms with Gasteiger partial charge in [0.25, 0.3) is 0 Å². The summed E-state index contributed by atoms with van der Waals surface area (Å²) < 4.78 is 18.9. The van der Waals surface area contributed by atoms with E-state index in [1.165, 1.54) is 17.1 Å². The van der Waals surface area contributed by atoms with Crippen LogP contribution in [0.2, 0.25) is 0 Å². The van der Waals surface area contributed by atoms with Gasteiger partial charge in [-0.05, 0) is 24.1 Å². The Bertz CT molecular complexity index is 780. The minimum Gasteiger partial charge on any atom is -0.379 e. The summed E-state index contributed by atoms with van der Waals surface area (Å²) in [5, 5.41) is 10.1. The van der Waals surface area contributed by atoms with Gasteiger partial charge < -0.3 is 15.4 Å². The fourth-order valence-corrected chi connectivity index (χ4v) is 4.16. The van der Waals surface area contributed by atoms with E-state index in [0.29, 0.717) is 6.54 Å². The maximum absolute atomic E-state index is 13.4. The van der Waals surface area contributed by atoms with Gasteiger partial charge in [0, 0.05) is 45.0 Å². The largest absolute Gasteiger partial charge is 0.379 e. The molecule has 0 radical (unpaired) electrons. The number of morpholine rings is 1. The second kappa shape index (κ2) is 13.2. The number of benzene rings is 1. The molecule has 9 heteroatoms. The molecule has 3 rings (SSSR count). The summed E-state index contributed by atoms with van der Waals surface area (Å²) in [6.45, 7) is 6.74. The molecule has 1 unspecified atom stereocenters. The van der Waals surface area contributed by atoms with Gasteiger partial charge in [-0.2, -0.15) is 0 Å². The van der Waals surface area contributed by atoms with Crippen molar-refractivity contribution >= 4 is 41.3 Å². The Morgan fingerprint density at radius 3 is 2.63 bits per heavy atom. The Hall–Kier alpha value is -1.30. The lowest BCUT2D eigenvalue weighted by molar-refractivity contribution is 0.0170. The number of guanidine groups is 1. The number of aryl methyl sites for hydroxylation is 1. The van der Waals surface area contributed by atoms with Crippen molar-refractivity contribution in [2.24, 2.45) is 4.99 Å². The van der Waals surface area contributed by atoms with Crippen molar-refractivity contribution in [2.45, 2.75) is 25.8 Å². The summed E-state index contributed by atoms with van der Waals surface area (Å²) in [5.41, 5.74) is 2.21. The molecule has 1 aromatic carbocycles. The van der Waals surface area contributed by atoms with Crippen LogP contribution in [0, 0.1) is 5.82 Å². The molecule has 0 aliphatic carbocycles. The van der Waals surface area contributed by atoms with Crippen LogP contribution in [0.1, 0.15) is 29.2 Å². The van der Waals surface area contributed by atoms with Gasteiger partial charge in [0.05, 0.1) is 30.0 Å². The fourth-order valence-electron chi connectivity index (χ4n) is 3.38. The molecular weight excluding hydrogens is 516 g/mol. The number of halogens is 2. The Morgan fingerprint density at radius 2 is 2.00 bits per heavy atom.